The molecule has 2 aliphatic rings. The van der Waals surface area contributed by atoms with Gasteiger partial charge in [-0.3, -0.25) is 4.79 Å². The Hall–Kier alpha value is -2.73. The predicted octanol–water partition coefficient (Wildman–Crippen LogP) is 3.52. The van der Waals surface area contributed by atoms with Crippen LogP contribution in [0.2, 0.25) is 0 Å². The second kappa shape index (κ2) is 7.59. The van der Waals surface area contributed by atoms with E-state index in [0.717, 1.165) is 22.7 Å². The van der Waals surface area contributed by atoms with Gasteiger partial charge in [-0.05, 0) is 61.6 Å². The summed E-state index contributed by atoms with van der Waals surface area (Å²) in [5.74, 6) is 1.12. The number of carbonyl (C=O) groups is 1. The molecule has 1 unspecified atom stereocenters. The van der Waals surface area contributed by atoms with Crippen LogP contribution in [-0.2, 0) is 0 Å². The maximum absolute atomic E-state index is 11.8. The van der Waals surface area contributed by atoms with Crippen molar-refractivity contribution in [2.24, 2.45) is 17.6 Å². The van der Waals surface area contributed by atoms with Crippen molar-refractivity contribution in [2.75, 3.05) is 17.3 Å². The highest BCUT2D eigenvalue weighted by atomic mass is 16.5. The predicted molar refractivity (Wildman–Crippen MR) is 114 cm³/mol. The third-order valence-corrected chi connectivity index (χ3v) is 6.21. The summed E-state index contributed by atoms with van der Waals surface area (Å²) >= 11 is 0. The number of methoxy groups -OCH3 is 1. The zero-order valence-electron chi connectivity index (χ0n) is 17.1. The number of aliphatic hydroxyl groups is 1. The number of nitrogens with zero attached hydrogens (tertiary/aromatic N) is 1. The number of nitrogens with two attached hydrogens (primary N) is 1. The number of aliphatic hydroxyl groups excluding tert-OH is 1. The number of benzene rings is 2. The standard InChI is InChI=1S/C23H29N3O3/c1-13-21(25-17-5-4-6-18(12-17)29-3)19-11-16(23(24)28)9-10-20(19)26(14(2)27)22(13)15-7-8-15/h4-6,9-15,21-22,25,27H,7-8H2,1-3H3,(H2,24,28)/t13-,14?,21-,22-/m1/s1. The third kappa shape index (κ3) is 3.65. The first-order chi connectivity index (χ1) is 13.9. The highest BCUT2D eigenvalue weighted by Gasteiger charge is 2.47. The van der Waals surface area contributed by atoms with Gasteiger partial charge in [0.25, 0.3) is 0 Å². The summed E-state index contributed by atoms with van der Waals surface area (Å²) in [6, 6.07) is 13.6. The van der Waals surface area contributed by atoms with E-state index in [-0.39, 0.29) is 18.0 Å². The topological polar surface area (TPSA) is 87.8 Å². The smallest absolute Gasteiger partial charge is 0.248 e. The number of anilines is 2. The zero-order valence-corrected chi connectivity index (χ0v) is 17.1. The Balaban J connectivity index is 1.81. The molecular weight excluding hydrogens is 366 g/mol. The summed E-state index contributed by atoms with van der Waals surface area (Å²) < 4.78 is 5.37. The first kappa shape index (κ1) is 19.6. The van der Waals surface area contributed by atoms with Gasteiger partial charge >= 0.3 is 0 Å². The van der Waals surface area contributed by atoms with Crippen molar-refractivity contribution in [2.45, 2.75) is 45.0 Å². The number of fused-ring (bicyclic) bond motifs is 1. The molecular formula is C23H29N3O3. The number of hydrogen-bond acceptors (Lipinski definition) is 5. The Morgan fingerprint density at radius 3 is 2.66 bits per heavy atom. The van der Waals surface area contributed by atoms with E-state index in [1.54, 1.807) is 13.2 Å². The van der Waals surface area contributed by atoms with Crippen LogP contribution < -0.4 is 20.7 Å². The molecule has 2 aromatic rings. The number of carbonyl (C=O) groups excluding carboxylic acids is 1. The largest absolute Gasteiger partial charge is 0.497 e. The Bertz CT molecular complexity index is 910. The second-order valence-corrected chi connectivity index (χ2v) is 8.22. The molecule has 6 nitrogen and oxygen atoms in total. The lowest BCUT2D eigenvalue weighted by molar-refractivity contribution is 0.1000. The van der Waals surface area contributed by atoms with E-state index in [0.29, 0.717) is 11.5 Å². The fourth-order valence-electron chi connectivity index (χ4n) is 4.73. The van der Waals surface area contributed by atoms with Crippen LogP contribution in [0.5, 0.6) is 5.75 Å². The van der Waals surface area contributed by atoms with Gasteiger partial charge in [0.15, 0.2) is 0 Å². The summed E-state index contributed by atoms with van der Waals surface area (Å²) in [5.41, 5.74) is 8.93. The lowest BCUT2D eigenvalue weighted by Gasteiger charge is -2.48. The van der Waals surface area contributed by atoms with Crippen molar-refractivity contribution in [1.29, 1.82) is 0 Å². The number of hydrogen-bond donors (Lipinski definition) is 3. The van der Waals surface area contributed by atoms with E-state index < -0.39 is 12.1 Å². The van der Waals surface area contributed by atoms with E-state index >= 15 is 0 Å². The van der Waals surface area contributed by atoms with Gasteiger partial charge < -0.3 is 25.8 Å². The molecule has 1 heterocycles. The normalized spacial score (nSPS) is 24.6. The first-order valence-electron chi connectivity index (χ1n) is 10.2. The van der Waals surface area contributed by atoms with Crippen LogP contribution >= 0.6 is 0 Å². The summed E-state index contributed by atoms with van der Waals surface area (Å²) in [6.45, 7) is 4.03. The van der Waals surface area contributed by atoms with Crippen molar-refractivity contribution in [3.8, 4) is 5.75 Å². The number of rotatable bonds is 6. The Morgan fingerprint density at radius 2 is 2.03 bits per heavy atom. The maximum atomic E-state index is 11.8. The average Bonchev–Trinajstić information content (AvgIpc) is 3.54. The molecule has 1 saturated carbocycles. The van der Waals surface area contributed by atoms with E-state index in [4.69, 9.17) is 10.5 Å². The lowest BCUT2D eigenvalue weighted by atomic mass is 9.79. The molecule has 1 amide bonds. The molecule has 29 heavy (non-hydrogen) atoms. The quantitative estimate of drug-likeness (QED) is 0.697. The van der Waals surface area contributed by atoms with Crippen LogP contribution in [0.1, 0.15) is 48.7 Å². The number of ether oxygens (including phenoxy) is 1. The van der Waals surface area contributed by atoms with Gasteiger partial charge in [-0.2, -0.15) is 0 Å². The molecule has 0 aromatic heterocycles. The molecule has 154 valence electrons. The summed E-state index contributed by atoms with van der Waals surface area (Å²) in [7, 11) is 1.65. The van der Waals surface area contributed by atoms with Crippen LogP contribution in [0.4, 0.5) is 11.4 Å². The molecule has 0 spiro atoms. The van der Waals surface area contributed by atoms with Gasteiger partial charge in [-0.1, -0.05) is 13.0 Å². The minimum absolute atomic E-state index is 0.0167. The Morgan fingerprint density at radius 1 is 1.28 bits per heavy atom. The summed E-state index contributed by atoms with van der Waals surface area (Å²) in [6.07, 6.45) is 1.75. The Labute approximate surface area is 171 Å². The highest BCUT2D eigenvalue weighted by molar-refractivity contribution is 5.93. The van der Waals surface area contributed by atoms with Crippen molar-refractivity contribution >= 4 is 17.3 Å². The minimum atomic E-state index is -0.612. The van der Waals surface area contributed by atoms with E-state index in [9.17, 15) is 9.90 Å². The van der Waals surface area contributed by atoms with Gasteiger partial charge in [0.2, 0.25) is 5.91 Å². The molecule has 0 saturated heterocycles. The van der Waals surface area contributed by atoms with Crippen molar-refractivity contribution < 1.29 is 14.6 Å². The SMILES string of the molecule is COc1cccc(N[C@H]2c3cc(C(N)=O)ccc3N(C(C)O)[C@@H](C3CC3)[C@@H]2C)c1. The molecule has 1 aliphatic carbocycles. The highest BCUT2D eigenvalue weighted by Crippen LogP contribution is 2.50. The second-order valence-electron chi connectivity index (χ2n) is 8.22. The monoisotopic (exact) mass is 395 g/mol. The molecule has 2 aromatic carbocycles. The fourth-order valence-corrected chi connectivity index (χ4v) is 4.73. The molecule has 4 N–H and O–H groups in total. The number of primary amides is 1. The van der Waals surface area contributed by atoms with Gasteiger partial charge in [-0.15, -0.1) is 0 Å². The van der Waals surface area contributed by atoms with Crippen molar-refractivity contribution in [3.63, 3.8) is 0 Å². The van der Waals surface area contributed by atoms with E-state index in [1.165, 1.54) is 12.8 Å². The third-order valence-electron chi connectivity index (χ3n) is 6.21. The van der Waals surface area contributed by atoms with Gasteiger partial charge in [0.05, 0.1) is 13.2 Å². The molecule has 1 fully saturated rings. The van der Waals surface area contributed by atoms with E-state index in [1.807, 2.05) is 43.3 Å². The average molecular weight is 396 g/mol. The first-order valence-corrected chi connectivity index (χ1v) is 10.2. The van der Waals surface area contributed by atoms with Gasteiger partial charge in [0.1, 0.15) is 12.0 Å². The van der Waals surface area contributed by atoms with E-state index in [2.05, 4.69) is 17.1 Å². The number of nitrogens with one attached hydrogen (secondary N) is 1. The van der Waals surface area contributed by atoms with Crippen molar-refractivity contribution in [1.82, 2.24) is 0 Å². The molecule has 6 heteroatoms. The molecule has 0 bridgehead atoms. The minimum Gasteiger partial charge on any atom is -0.497 e. The number of amides is 1. The molecule has 4 rings (SSSR count). The maximum Gasteiger partial charge on any atom is 0.248 e. The fraction of sp³-hybridized carbons (Fsp3) is 0.435. The van der Waals surface area contributed by atoms with Gasteiger partial charge in [0, 0.05) is 35.0 Å². The van der Waals surface area contributed by atoms with Crippen LogP contribution in [0, 0.1) is 11.8 Å². The summed E-state index contributed by atoms with van der Waals surface area (Å²) in [4.78, 5) is 14.0. The van der Waals surface area contributed by atoms with Gasteiger partial charge in [-0.25, -0.2) is 0 Å². The van der Waals surface area contributed by atoms with Crippen LogP contribution in [0.3, 0.4) is 0 Å². The summed E-state index contributed by atoms with van der Waals surface area (Å²) in [5, 5.41) is 14.3. The Kier molecular flexibility index (Phi) is 5.13. The van der Waals surface area contributed by atoms with Crippen LogP contribution in [0.15, 0.2) is 42.5 Å². The zero-order chi connectivity index (χ0) is 20.7. The lowest BCUT2D eigenvalue weighted by Crippen LogP contribution is -2.52. The molecule has 4 atom stereocenters. The van der Waals surface area contributed by atoms with Crippen LogP contribution in [-0.4, -0.2) is 30.4 Å². The van der Waals surface area contributed by atoms with Crippen molar-refractivity contribution in [3.05, 3.63) is 53.6 Å². The van der Waals surface area contributed by atoms with Crippen LogP contribution in [0.25, 0.3) is 0 Å². The molecule has 0 radical (unpaired) electrons. The molecule has 1 aliphatic heterocycles.